The van der Waals surface area contributed by atoms with Crippen LogP contribution in [0.3, 0.4) is 0 Å². The summed E-state index contributed by atoms with van der Waals surface area (Å²) < 4.78 is 0. The van der Waals surface area contributed by atoms with Crippen LogP contribution in [-0.4, -0.2) is 21.2 Å². The molecule has 1 aromatic heterocycles. The summed E-state index contributed by atoms with van der Waals surface area (Å²) in [4.78, 5) is 17.0. The van der Waals surface area contributed by atoms with Crippen molar-refractivity contribution in [3.05, 3.63) is 64.7 Å². The molecule has 7 nitrogen and oxygen atoms in total. The van der Waals surface area contributed by atoms with Crippen molar-refractivity contribution in [3.63, 3.8) is 0 Å². The smallest absolute Gasteiger partial charge is 0.233 e. The maximum Gasteiger partial charge on any atom is 0.233 e. The fraction of sp³-hybridized carbons (Fsp3) is 0.174. The Balaban J connectivity index is 1.87. The molecule has 3 rings (SSSR count). The highest BCUT2D eigenvalue weighted by molar-refractivity contribution is 8.00. The Morgan fingerprint density at radius 2 is 1.91 bits per heavy atom. The van der Waals surface area contributed by atoms with Gasteiger partial charge in [-0.25, -0.2) is 4.98 Å². The van der Waals surface area contributed by atoms with E-state index in [9.17, 15) is 15.2 Å². The van der Waals surface area contributed by atoms with Gasteiger partial charge in [0.05, 0.1) is 22.5 Å². The number of carbonyl (C=O) groups is 1. The van der Waals surface area contributed by atoms with E-state index in [1.165, 1.54) is 12.1 Å². The van der Waals surface area contributed by atoms with Crippen LogP contribution in [0.15, 0.2) is 53.6 Å². The van der Waals surface area contributed by atoms with Gasteiger partial charge in [-0.15, -0.1) is 0 Å². The Labute approximate surface area is 195 Å². The van der Waals surface area contributed by atoms with Gasteiger partial charge in [-0.3, -0.25) is 4.79 Å². The van der Waals surface area contributed by atoms with Gasteiger partial charge in [-0.2, -0.15) is 5.26 Å². The molecule has 3 aromatic rings. The van der Waals surface area contributed by atoms with Crippen LogP contribution >= 0.6 is 23.4 Å². The predicted molar refractivity (Wildman–Crippen MR) is 128 cm³/mol. The summed E-state index contributed by atoms with van der Waals surface area (Å²) in [6.07, 6.45) is 0. The second-order valence-corrected chi connectivity index (χ2v) is 8.94. The molecule has 2 atom stereocenters. The zero-order valence-electron chi connectivity index (χ0n) is 17.5. The molecule has 2 unspecified atom stereocenters. The minimum absolute atomic E-state index is 0.0271. The third-order valence-electron chi connectivity index (χ3n) is 4.86. The SMILES string of the molecule is CC(Sc1nc(N)c(N)c(-c2cccc(O)c2)c1C#N)C(=O)NC(C)c1ccc(Cl)cc1. The lowest BCUT2D eigenvalue weighted by molar-refractivity contribution is -0.120. The van der Waals surface area contributed by atoms with Crippen molar-refractivity contribution in [3.8, 4) is 22.9 Å². The third-order valence-corrected chi connectivity index (χ3v) is 6.20. The zero-order chi connectivity index (χ0) is 23.4. The molecule has 0 saturated carbocycles. The summed E-state index contributed by atoms with van der Waals surface area (Å²) in [5, 5.41) is 23.0. The van der Waals surface area contributed by atoms with Crippen molar-refractivity contribution in [1.82, 2.24) is 10.3 Å². The van der Waals surface area contributed by atoms with Crippen molar-refractivity contribution in [2.24, 2.45) is 0 Å². The minimum Gasteiger partial charge on any atom is -0.508 e. The van der Waals surface area contributed by atoms with Crippen molar-refractivity contribution in [2.75, 3.05) is 11.5 Å². The number of nitrogens with zero attached hydrogens (tertiary/aromatic N) is 2. The van der Waals surface area contributed by atoms with Crippen molar-refractivity contribution in [2.45, 2.75) is 30.2 Å². The molecule has 0 bridgehead atoms. The number of aromatic hydroxyl groups is 1. The molecule has 2 aromatic carbocycles. The number of nitriles is 1. The number of nitrogens with two attached hydrogens (primary N) is 2. The molecule has 32 heavy (non-hydrogen) atoms. The second kappa shape index (κ2) is 9.81. The fourth-order valence-electron chi connectivity index (χ4n) is 3.13. The summed E-state index contributed by atoms with van der Waals surface area (Å²) in [5.74, 6) is -0.149. The number of thioether (sulfide) groups is 1. The van der Waals surface area contributed by atoms with Crippen molar-refractivity contribution < 1.29 is 9.90 Å². The first kappa shape index (κ1) is 23.3. The number of carbonyl (C=O) groups excluding carboxylic acids is 1. The summed E-state index contributed by atoms with van der Waals surface area (Å²) in [7, 11) is 0. The molecule has 0 aliphatic rings. The van der Waals surface area contributed by atoms with Gasteiger partial charge in [0, 0.05) is 10.6 Å². The van der Waals surface area contributed by atoms with E-state index in [4.69, 9.17) is 23.1 Å². The zero-order valence-corrected chi connectivity index (χ0v) is 19.0. The van der Waals surface area contributed by atoms with E-state index in [1.807, 2.05) is 19.1 Å². The van der Waals surface area contributed by atoms with Gasteiger partial charge in [0.2, 0.25) is 5.91 Å². The van der Waals surface area contributed by atoms with E-state index in [1.54, 1.807) is 31.2 Å². The Kier molecular flexibility index (Phi) is 7.13. The number of nitrogen functional groups attached to an aromatic ring is 2. The summed E-state index contributed by atoms with van der Waals surface area (Å²) in [6, 6.07) is 15.5. The van der Waals surface area contributed by atoms with E-state index >= 15 is 0 Å². The average Bonchev–Trinajstić information content (AvgIpc) is 2.76. The van der Waals surface area contributed by atoms with E-state index in [-0.39, 0.29) is 34.8 Å². The highest BCUT2D eigenvalue weighted by Gasteiger charge is 2.24. The maximum atomic E-state index is 12.8. The minimum atomic E-state index is -0.565. The number of hydrogen-bond acceptors (Lipinski definition) is 7. The topological polar surface area (TPSA) is 138 Å². The van der Waals surface area contributed by atoms with Crippen molar-refractivity contribution >= 4 is 40.8 Å². The molecule has 0 spiro atoms. The van der Waals surface area contributed by atoms with Gasteiger partial charge < -0.3 is 21.9 Å². The Morgan fingerprint density at radius 1 is 1.22 bits per heavy atom. The predicted octanol–water partition coefficient (Wildman–Crippen LogP) is 4.50. The van der Waals surface area contributed by atoms with Crippen LogP contribution in [0.25, 0.3) is 11.1 Å². The summed E-state index contributed by atoms with van der Waals surface area (Å²) in [5.41, 5.74) is 14.3. The summed E-state index contributed by atoms with van der Waals surface area (Å²) in [6.45, 7) is 3.59. The van der Waals surface area contributed by atoms with Crippen LogP contribution in [0.5, 0.6) is 5.75 Å². The molecule has 0 aliphatic heterocycles. The van der Waals surface area contributed by atoms with Crippen LogP contribution in [0.2, 0.25) is 5.02 Å². The molecule has 0 radical (unpaired) electrons. The van der Waals surface area contributed by atoms with Gasteiger partial charge in [-0.05, 0) is 49.2 Å². The lowest BCUT2D eigenvalue weighted by atomic mass is 10.00. The van der Waals surface area contributed by atoms with E-state index in [0.29, 0.717) is 21.2 Å². The van der Waals surface area contributed by atoms with E-state index in [0.717, 1.165) is 17.3 Å². The number of phenols is 1. The lowest BCUT2D eigenvalue weighted by Crippen LogP contribution is -2.33. The number of anilines is 2. The number of aromatic nitrogens is 1. The van der Waals surface area contributed by atoms with Crippen LogP contribution in [0.1, 0.15) is 31.0 Å². The molecule has 1 amide bonds. The van der Waals surface area contributed by atoms with Gasteiger partial charge in [0.1, 0.15) is 22.7 Å². The van der Waals surface area contributed by atoms with Gasteiger partial charge in [-0.1, -0.05) is 47.6 Å². The molecule has 164 valence electrons. The number of phenolic OH excluding ortho intramolecular Hbond substituents is 1. The molecule has 0 saturated heterocycles. The number of pyridine rings is 1. The Bertz CT molecular complexity index is 1190. The highest BCUT2D eigenvalue weighted by Crippen LogP contribution is 2.39. The maximum absolute atomic E-state index is 12.8. The number of benzene rings is 2. The number of hydrogen-bond donors (Lipinski definition) is 4. The van der Waals surface area contributed by atoms with Crippen LogP contribution in [0.4, 0.5) is 11.5 Å². The highest BCUT2D eigenvalue weighted by atomic mass is 35.5. The van der Waals surface area contributed by atoms with Gasteiger partial charge >= 0.3 is 0 Å². The van der Waals surface area contributed by atoms with E-state index in [2.05, 4.69) is 16.4 Å². The molecule has 0 fully saturated rings. The molecular formula is C23H22ClN5O2S. The molecular weight excluding hydrogens is 446 g/mol. The van der Waals surface area contributed by atoms with Crippen LogP contribution in [-0.2, 0) is 4.79 Å². The van der Waals surface area contributed by atoms with Crippen molar-refractivity contribution in [1.29, 1.82) is 5.26 Å². The van der Waals surface area contributed by atoms with Gasteiger partial charge in [0.25, 0.3) is 0 Å². The number of halogens is 1. The second-order valence-electron chi connectivity index (χ2n) is 7.17. The standard InChI is InChI=1S/C23H22ClN5O2S/c1-12(14-6-8-16(24)9-7-14)28-22(31)13(2)32-23-18(11-25)19(20(26)21(27)29-23)15-4-3-5-17(30)10-15/h3-10,12-13,30H,26H2,1-2H3,(H2,27,29)(H,28,31). The first-order chi connectivity index (χ1) is 15.2. The molecule has 6 N–H and O–H groups in total. The van der Waals surface area contributed by atoms with Crippen LogP contribution in [0, 0.1) is 11.3 Å². The molecule has 1 heterocycles. The Hall–Kier alpha value is -3.41. The summed E-state index contributed by atoms with van der Waals surface area (Å²) >= 11 is 7.04. The monoisotopic (exact) mass is 467 g/mol. The third kappa shape index (κ3) is 5.07. The normalized spacial score (nSPS) is 12.6. The van der Waals surface area contributed by atoms with Gasteiger partial charge in [0.15, 0.2) is 0 Å². The molecule has 9 heteroatoms. The largest absolute Gasteiger partial charge is 0.508 e. The van der Waals surface area contributed by atoms with E-state index < -0.39 is 5.25 Å². The number of amides is 1. The molecule has 0 aliphatic carbocycles. The van der Waals surface area contributed by atoms with Crippen LogP contribution < -0.4 is 16.8 Å². The Morgan fingerprint density at radius 3 is 2.53 bits per heavy atom. The number of nitrogens with one attached hydrogen (secondary N) is 1. The number of rotatable bonds is 6. The average molecular weight is 468 g/mol. The lowest BCUT2D eigenvalue weighted by Gasteiger charge is -2.19. The first-order valence-corrected chi connectivity index (χ1v) is 11.0. The fourth-order valence-corrected chi connectivity index (χ4v) is 4.18. The first-order valence-electron chi connectivity index (χ1n) is 9.72. The quantitative estimate of drug-likeness (QED) is 0.391.